The van der Waals surface area contributed by atoms with E-state index in [0.717, 1.165) is 6.07 Å². The number of alkyl halides is 4. The molecular weight excluding hydrogens is 348 g/mol. The molecule has 0 aliphatic rings. The highest BCUT2D eigenvalue weighted by Gasteiger charge is 2.34. The van der Waals surface area contributed by atoms with Gasteiger partial charge < -0.3 is 0 Å². The summed E-state index contributed by atoms with van der Waals surface area (Å²) in [5.41, 5.74) is -0.140. The van der Waals surface area contributed by atoms with Gasteiger partial charge in [0.15, 0.2) is 0 Å². The van der Waals surface area contributed by atoms with Gasteiger partial charge in [-0.05, 0) is 27.6 Å². The van der Waals surface area contributed by atoms with Crippen molar-refractivity contribution in [3.05, 3.63) is 32.8 Å². The first-order valence-corrected chi connectivity index (χ1v) is 5.77. The first-order chi connectivity index (χ1) is 6.38. The summed E-state index contributed by atoms with van der Waals surface area (Å²) in [6.07, 6.45) is -4.41. The lowest BCUT2D eigenvalue weighted by molar-refractivity contribution is -0.137. The molecular formula is C8H4Br2ClF3. The molecule has 0 saturated heterocycles. The van der Waals surface area contributed by atoms with E-state index in [-0.39, 0.29) is 9.50 Å². The maximum atomic E-state index is 12.3. The lowest BCUT2D eigenvalue weighted by atomic mass is 10.1. The van der Waals surface area contributed by atoms with E-state index in [2.05, 4.69) is 31.9 Å². The molecule has 0 aliphatic carbocycles. The van der Waals surface area contributed by atoms with Gasteiger partial charge >= 0.3 is 6.18 Å². The predicted molar refractivity (Wildman–Crippen MR) is 56.8 cm³/mol. The molecule has 78 valence electrons. The maximum absolute atomic E-state index is 12.3. The van der Waals surface area contributed by atoms with Crippen molar-refractivity contribution >= 4 is 43.5 Å². The van der Waals surface area contributed by atoms with Gasteiger partial charge in [0.25, 0.3) is 0 Å². The smallest absolute Gasteiger partial charge is 0.166 e. The Kier molecular flexibility index (Phi) is 3.88. The molecule has 0 saturated carbocycles. The van der Waals surface area contributed by atoms with Crippen molar-refractivity contribution in [2.75, 3.05) is 0 Å². The zero-order valence-electron chi connectivity index (χ0n) is 6.63. The number of hydrogen-bond donors (Lipinski definition) is 0. The fourth-order valence-electron chi connectivity index (χ4n) is 0.912. The molecule has 1 aromatic rings. The highest BCUT2D eigenvalue weighted by molar-refractivity contribution is 9.10. The maximum Gasteiger partial charge on any atom is 0.417 e. The molecule has 0 spiro atoms. The first-order valence-electron chi connectivity index (χ1n) is 3.48. The zero-order valence-corrected chi connectivity index (χ0v) is 10.6. The van der Waals surface area contributed by atoms with Gasteiger partial charge in [-0.15, -0.1) is 0 Å². The SMILES string of the molecule is FC(F)(F)c1ccc(CBr)c(Br)c1Cl. The number of benzene rings is 1. The predicted octanol–water partition coefficient (Wildman–Crippen LogP) is 5.02. The van der Waals surface area contributed by atoms with Crippen LogP contribution >= 0.6 is 43.5 Å². The van der Waals surface area contributed by atoms with Crippen molar-refractivity contribution in [3.8, 4) is 0 Å². The van der Waals surface area contributed by atoms with Gasteiger partial charge in [0.05, 0.1) is 10.6 Å². The van der Waals surface area contributed by atoms with Crippen LogP contribution in [0.3, 0.4) is 0 Å². The summed E-state index contributed by atoms with van der Waals surface area (Å²) in [7, 11) is 0. The Balaban J connectivity index is 3.31. The third-order valence-electron chi connectivity index (χ3n) is 1.61. The zero-order chi connectivity index (χ0) is 10.9. The Morgan fingerprint density at radius 2 is 1.86 bits per heavy atom. The molecule has 0 aromatic heterocycles. The Bertz CT molecular complexity index is 349. The second kappa shape index (κ2) is 4.41. The van der Waals surface area contributed by atoms with Gasteiger partial charge in [0.2, 0.25) is 0 Å². The second-order valence-corrected chi connectivity index (χ2v) is 4.26. The minimum absolute atomic E-state index is 0.283. The standard InChI is InChI=1S/C8H4Br2ClF3/c9-3-4-1-2-5(8(12,13)14)7(11)6(4)10/h1-2H,3H2. The lowest BCUT2D eigenvalue weighted by Gasteiger charge is -2.11. The molecule has 0 unspecified atom stereocenters. The summed E-state index contributed by atoms with van der Waals surface area (Å²) in [5, 5.41) is 0.153. The Morgan fingerprint density at radius 3 is 2.29 bits per heavy atom. The van der Waals surface area contributed by atoms with E-state index >= 15 is 0 Å². The van der Waals surface area contributed by atoms with Crippen molar-refractivity contribution in [2.24, 2.45) is 0 Å². The van der Waals surface area contributed by atoms with Crippen molar-refractivity contribution in [2.45, 2.75) is 11.5 Å². The summed E-state index contributed by atoms with van der Waals surface area (Å²) in [6.45, 7) is 0. The van der Waals surface area contributed by atoms with Crippen molar-refractivity contribution in [1.82, 2.24) is 0 Å². The van der Waals surface area contributed by atoms with E-state index in [1.165, 1.54) is 6.07 Å². The minimum Gasteiger partial charge on any atom is -0.166 e. The fourth-order valence-corrected chi connectivity index (χ4v) is 2.53. The molecule has 0 heterocycles. The highest BCUT2D eigenvalue weighted by atomic mass is 79.9. The van der Waals surface area contributed by atoms with Crippen LogP contribution in [0, 0.1) is 0 Å². The quantitative estimate of drug-likeness (QED) is 0.623. The van der Waals surface area contributed by atoms with Gasteiger partial charge in [-0.2, -0.15) is 13.2 Å². The first kappa shape index (κ1) is 12.3. The van der Waals surface area contributed by atoms with Crippen LogP contribution in [-0.2, 0) is 11.5 Å². The molecule has 0 aliphatic heterocycles. The molecule has 0 amide bonds. The highest BCUT2D eigenvalue weighted by Crippen LogP contribution is 2.39. The summed E-state index contributed by atoms with van der Waals surface area (Å²) in [5.74, 6) is 0. The average molecular weight is 352 g/mol. The number of hydrogen-bond acceptors (Lipinski definition) is 0. The summed E-state index contributed by atoms with van der Waals surface area (Å²) in [6, 6.07) is 2.36. The van der Waals surface area contributed by atoms with Gasteiger partial charge in [-0.3, -0.25) is 0 Å². The van der Waals surface area contributed by atoms with E-state index in [1.807, 2.05) is 0 Å². The summed E-state index contributed by atoms with van der Waals surface area (Å²) >= 11 is 11.7. The van der Waals surface area contributed by atoms with Gasteiger partial charge in [0.1, 0.15) is 0 Å². The largest absolute Gasteiger partial charge is 0.417 e. The average Bonchev–Trinajstić information content (AvgIpc) is 2.07. The molecule has 0 nitrogen and oxygen atoms in total. The monoisotopic (exact) mass is 350 g/mol. The molecule has 0 fully saturated rings. The minimum atomic E-state index is -4.41. The molecule has 0 radical (unpaired) electrons. The van der Waals surface area contributed by atoms with Gasteiger partial charge in [0, 0.05) is 9.80 Å². The van der Waals surface area contributed by atoms with E-state index in [1.54, 1.807) is 0 Å². The molecule has 1 rings (SSSR count). The molecule has 6 heteroatoms. The van der Waals surface area contributed by atoms with E-state index in [0.29, 0.717) is 10.9 Å². The van der Waals surface area contributed by atoms with Crippen LogP contribution in [0.2, 0.25) is 5.02 Å². The van der Waals surface area contributed by atoms with Crippen molar-refractivity contribution in [3.63, 3.8) is 0 Å². The Labute approximate surface area is 101 Å². The molecule has 0 atom stereocenters. The summed E-state index contributed by atoms with van der Waals surface area (Å²) in [4.78, 5) is 0. The third-order valence-corrected chi connectivity index (χ3v) is 3.74. The third kappa shape index (κ3) is 2.44. The number of halogens is 6. The molecule has 14 heavy (non-hydrogen) atoms. The van der Waals surface area contributed by atoms with Crippen LogP contribution in [0.5, 0.6) is 0 Å². The normalized spacial score (nSPS) is 11.9. The van der Waals surface area contributed by atoms with Crippen LogP contribution in [0.25, 0.3) is 0 Å². The lowest BCUT2D eigenvalue weighted by Crippen LogP contribution is -2.06. The summed E-state index contributed by atoms with van der Waals surface area (Å²) < 4.78 is 37.3. The Hall–Kier alpha value is 0.260. The van der Waals surface area contributed by atoms with Crippen LogP contribution in [0.15, 0.2) is 16.6 Å². The topological polar surface area (TPSA) is 0 Å². The van der Waals surface area contributed by atoms with E-state index < -0.39 is 11.7 Å². The fraction of sp³-hybridized carbons (Fsp3) is 0.250. The van der Waals surface area contributed by atoms with Crippen LogP contribution in [-0.4, -0.2) is 0 Å². The number of rotatable bonds is 1. The van der Waals surface area contributed by atoms with Crippen LogP contribution < -0.4 is 0 Å². The Morgan fingerprint density at radius 1 is 1.29 bits per heavy atom. The van der Waals surface area contributed by atoms with Crippen molar-refractivity contribution < 1.29 is 13.2 Å². The van der Waals surface area contributed by atoms with Crippen LogP contribution in [0.1, 0.15) is 11.1 Å². The molecule has 0 bridgehead atoms. The van der Waals surface area contributed by atoms with Crippen molar-refractivity contribution in [1.29, 1.82) is 0 Å². The van der Waals surface area contributed by atoms with Gasteiger partial charge in [-0.1, -0.05) is 33.6 Å². The van der Waals surface area contributed by atoms with Crippen LogP contribution in [0.4, 0.5) is 13.2 Å². The molecule has 0 N–H and O–H groups in total. The van der Waals surface area contributed by atoms with E-state index in [9.17, 15) is 13.2 Å². The molecule has 1 aromatic carbocycles. The second-order valence-electron chi connectivity index (χ2n) is 2.53. The van der Waals surface area contributed by atoms with Gasteiger partial charge in [-0.25, -0.2) is 0 Å². The van der Waals surface area contributed by atoms with E-state index in [4.69, 9.17) is 11.6 Å².